The van der Waals surface area contributed by atoms with Crippen LogP contribution in [0.15, 0.2) is 88.2 Å². The SMILES string of the molecule is CCNC(=O)[C@H](C)N(Cc1ccccc1)C(=O)CN(c1ccc(Br)cc1)S(=O)(=O)c1ccc(C)cc1. The molecule has 1 atom stereocenters. The third-order valence-electron chi connectivity index (χ3n) is 5.72. The van der Waals surface area contributed by atoms with Gasteiger partial charge in [-0.3, -0.25) is 13.9 Å². The molecule has 0 aliphatic heterocycles. The third-order valence-corrected chi connectivity index (χ3v) is 8.03. The van der Waals surface area contributed by atoms with Crippen molar-refractivity contribution in [3.63, 3.8) is 0 Å². The molecule has 0 saturated carbocycles. The number of nitrogens with zero attached hydrogens (tertiary/aromatic N) is 2. The van der Waals surface area contributed by atoms with Crippen molar-refractivity contribution in [3.8, 4) is 0 Å². The van der Waals surface area contributed by atoms with Crippen LogP contribution < -0.4 is 9.62 Å². The number of amides is 2. The van der Waals surface area contributed by atoms with Crippen LogP contribution >= 0.6 is 15.9 Å². The summed E-state index contributed by atoms with van der Waals surface area (Å²) in [6.07, 6.45) is 0. The minimum Gasteiger partial charge on any atom is -0.355 e. The Bertz CT molecular complexity index is 1280. The molecule has 3 rings (SSSR count). The van der Waals surface area contributed by atoms with Crippen LogP contribution in [-0.2, 0) is 26.2 Å². The number of likely N-dealkylation sites (N-methyl/N-ethyl adjacent to an activating group) is 1. The first-order valence-corrected chi connectivity index (χ1v) is 13.8. The predicted octanol–water partition coefficient (Wildman–Crippen LogP) is 4.51. The summed E-state index contributed by atoms with van der Waals surface area (Å²) in [5.74, 6) is -0.797. The molecule has 1 N–H and O–H groups in total. The van der Waals surface area contributed by atoms with Crippen molar-refractivity contribution < 1.29 is 18.0 Å². The van der Waals surface area contributed by atoms with Crippen molar-refractivity contribution in [2.75, 3.05) is 17.4 Å². The Kier molecular flexibility index (Phi) is 9.28. The van der Waals surface area contributed by atoms with Crippen molar-refractivity contribution in [3.05, 3.63) is 94.5 Å². The van der Waals surface area contributed by atoms with Crippen LogP contribution in [0.5, 0.6) is 0 Å². The highest BCUT2D eigenvalue weighted by Crippen LogP contribution is 2.26. The number of anilines is 1. The average Bonchev–Trinajstić information content (AvgIpc) is 2.87. The largest absolute Gasteiger partial charge is 0.355 e. The molecule has 0 radical (unpaired) electrons. The molecule has 9 heteroatoms. The first-order valence-electron chi connectivity index (χ1n) is 11.6. The number of nitrogens with one attached hydrogen (secondary N) is 1. The summed E-state index contributed by atoms with van der Waals surface area (Å²) in [5.41, 5.74) is 2.10. The molecule has 190 valence electrons. The van der Waals surface area contributed by atoms with Crippen LogP contribution in [0.4, 0.5) is 5.69 Å². The maximum Gasteiger partial charge on any atom is 0.264 e. The van der Waals surface area contributed by atoms with Crippen molar-refractivity contribution in [2.24, 2.45) is 0 Å². The molecule has 3 aromatic rings. The molecule has 0 aliphatic rings. The standard InChI is InChI=1S/C27H30BrN3O4S/c1-4-29-27(33)21(3)30(18-22-8-6-5-7-9-22)26(32)19-31(24-14-12-23(28)13-15-24)36(34,35)25-16-10-20(2)11-17-25/h5-17,21H,4,18-19H2,1-3H3,(H,29,33)/t21-/m0/s1. The van der Waals surface area contributed by atoms with Crippen molar-refractivity contribution in [1.82, 2.24) is 10.2 Å². The summed E-state index contributed by atoms with van der Waals surface area (Å²) in [5, 5.41) is 2.75. The Hall–Kier alpha value is -3.17. The summed E-state index contributed by atoms with van der Waals surface area (Å²) in [4.78, 5) is 27.9. The van der Waals surface area contributed by atoms with Crippen molar-refractivity contribution in [2.45, 2.75) is 38.3 Å². The van der Waals surface area contributed by atoms with Gasteiger partial charge in [0.05, 0.1) is 10.6 Å². The van der Waals surface area contributed by atoms with Crippen LogP contribution in [0, 0.1) is 6.92 Å². The minimum absolute atomic E-state index is 0.0789. The smallest absolute Gasteiger partial charge is 0.264 e. The topological polar surface area (TPSA) is 86.8 Å². The van der Waals surface area contributed by atoms with E-state index in [0.717, 1.165) is 19.9 Å². The Morgan fingerprint density at radius 3 is 2.14 bits per heavy atom. The van der Waals surface area contributed by atoms with E-state index < -0.39 is 28.5 Å². The van der Waals surface area contributed by atoms with Crippen molar-refractivity contribution >= 4 is 43.5 Å². The Balaban J connectivity index is 2.01. The summed E-state index contributed by atoms with van der Waals surface area (Å²) in [7, 11) is -4.07. The summed E-state index contributed by atoms with van der Waals surface area (Å²) in [6, 6.07) is 21.7. The lowest BCUT2D eigenvalue weighted by molar-refractivity contribution is -0.139. The van der Waals surface area contributed by atoms with E-state index in [1.54, 1.807) is 50.2 Å². The second-order valence-electron chi connectivity index (χ2n) is 8.38. The molecule has 7 nitrogen and oxygen atoms in total. The lowest BCUT2D eigenvalue weighted by atomic mass is 10.1. The molecule has 0 fully saturated rings. The van der Waals surface area contributed by atoms with Gasteiger partial charge in [-0.15, -0.1) is 0 Å². The van der Waals surface area contributed by atoms with Gasteiger partial charge in [0, 0.05) is 17.6 Å². The van der Waals surface area contributed by atoms with Gasteiger partial charge < -0.3 is 10.2 Å². The molecule has 0 bridgehead atoms. The molecule has 0 saturated heterocycles. The predicted molar refractivity (Wildman–Crippen MR) is 145 cm³/mol. The first kappa shape index (κ1) is 27.4. The zero-order valence-electron chi connectivity index (χ0n) is 20.5. The molecule has 2 amide bonds. The number of hydrogen-bond acceptors (Lipinski definition) is 4. The number of sulfonamides is 1. The van der Waals surface area contributed by atoms with E-state index in [0.29, 0.717) is 12.2 Å². The molecule has 0 unspecified atom stereocenters. The lowest BCUT2D eigenvalue weighted by Gasteiger charge is -2.32. The van der Waals surface area contributed by atoms with E-state index in [4.69, 9.17) is 0 Å². The van der Waals surface area contributed by atoms with E-state index in [1.807, 2.05) is 37.3 Å². The number of carbonyl (C=O) groups excluding carboxylic acids is 2. The quantitative estimate of drug-likeness (QED) is 0.388. The number of carbonyl (C=O) groups is 2. The van der Waals surface area contributed by atoms with Gasteiger partial charge in [0.2, 0.25) is 11.8 Å². The molecule has 0 spiro atoms. The van der Waals surface area contributed by atoms with E-state index in [-0.39, 0.29) is 17.3 Å². The van der Waals surface area contributed by atoms with Crippen LogP contribution in [-0.4, -0.2) is 44.3 Å². The Labute approximate surface area is 221 Å². The summed E-state index contributed by atoms with van der Waals surface area (Å²) in [6.45, 7) is 5.44. The molecule has 0 aliphatic carbocycles. The fourth-order valence-electron chi connectivity index (χ4n) is 3.66. The maximum atomic E-state index is 13.7. The fourth-order valence-corrected chi connectivity index (χ4v) is 5.34. The zero-order valence-corrected chi connectivity index (χ0v) is 22.9. The van der Waals surface area contributed by atoms with Gasteiger partial charge in [0.15, 0.2) is 0 Å². The van der Waals surface area contributed by atoms with E-state index in [1.165, 1.54) is 17.0 Å². The van der Waals surface area contributed by atoms with E-state index in [9.17, 15) is 18.0 Å². The molecular weight excluding hydrogens is 542 g/mol. The monoisotopic (exact) mass is 571 g/mol. The molecular formula is C27H30BrN3O4S. The molecule has 0 aromatic heterocycles. The minimum atomic E-state index is -4.07. The summed E-state index contributed by atoms with van der Waals surface area (Å²) < 4.78 is 29.3. The first-order chi connectivity index (χ1) is 17.1. The van der Waals surface area contributed by atoms with Crippen LogP contribution in [0.3, 0.4) is 0 Å². The maximum absolute atomic E-state index is 13.7. The van der Waals surface area contributed by atoms with Crippen molar-refractivity contribution in [1.29, 1.82) is 0 Å². The fraction of sp³-hybridized carbons (Fsp3) is 0.259. The highest BCUT2D eigenvalue weighted by Gasteiger charge is 2.32. The molecule has 36 heavy (non-hydrogen) atoms. The van der Waals surface area contributed by atoms with Gasteiger partial charge in [-0.25, -0.2) is 8.42 Å². The number of halogens is 1. The third kappa shape index (κ3) is 6.73. The van der Waals surface area contributed by atoms with Crippen LogP contribution in [0.2, 0.25) is 0 Å². The van der Waals surface area contributed by atoms with Crippen LogP contribution in [0.1, 0.15) is 25.0 Å². The average molecular weight is 573 g/mol. The number of rotatable bonds is 10. The van der Waals surface area contributed by atoms with Gasteiger partial charge >= 0.3 is 0 Å². The zero-order chi connectivity index (χ0) is 26.3. The van der Waals surface area contributed by atoms with Gasteiger partial charge in [0.25, 0.3) is 10.0 Å². The van der Waals surface area contributed by atoms with Crippen LogP contribution in [0.25, 0.3) is 0 Å². The van der Waals surface area contributed by atoms with Gasteiger partial charge in [-0.2, -0.15) is 0 Å². The van der Waals surface area contributed by atoms with Gasteiger partial charge in [0.1, 0.15) is 12.6 Å². The second kappa shape index (κ2) is 12.2. The highest BCUT2D eigenvalue weighted by molar-refractivity contribution is 9.10. The number of hydrogen-bond donors (Lipinski definition) is 1. The Morgan fingerprint density at radius 1 is 0.944 bits per heavy atom. The van der Waals surface area contributed by atoms with E-state index >= 15 is 0 Å². The highest BCUT2D eigenvalue weighted by atomic mass is 79.9. The molecule has 0 heterocycles. The van der Waals surface area contributed by atoms with E-state index in [2.05, 4.69) is 21.2 Å². The summed E-state index contributed by atoms with van der Waals surface area (Å²) >= 11 is 3.37. The normalized spacial score (nSPS) is 12.0. The van der Waals surface area contributed by atoms with Gasteiger partial charge in [-0.05, 0) is 62.7 Å². The van der Waals surface area contributed by atoms with Gasteiger partial charge in [-0.1, -0.05) is 64.0 Å². The lowest BCUT2D eigenvalue weighted by Crippen LogP contribution is -2.51. The number of benzene rings is 3. The number of aryl methyl sites for hydroxylation is 1. The molecule has 3 aromatic carbocycles. The Morgan fingerprint density at radius 2 is 1.56 bits per heavy atom. The second-order valence-corrected chi connectivity index (χ2v) is 11.2.